The third kappa shape index (κ3) is 5.37. The number of nitrogens with zero attached hydrogens (tertiary/aromatic N) is 2. The molecule has 4 N–H and O–H groups in total. The Morgan fingerprint density at radius 2 is 1.92 bits per heavy atom. The number of nitrogens with two attached hydrogens (primary N) is 1. The summed E-state index contributed by atoms with van der Waals surface area (Å²) in [6.07, 6.45) is 1.86. The molecule has 0 saturated carbocycles. The van der Waals surface area contributed by atoms with Crippen LogP contribution < -0.4 is 11.2 Å². The van der Waals surface area contributed by atoms with Gasteiger partial charge in [0.1, 0.15) is 11.5 Å². The number of ketones is 1. The molecular formula is C28H31ClN4O3. The maximum atomic E-state index is 13.3. The highest BCUT2D eigenvalue weighted by Crippen LogP contribution is 2.28. The van der Waals surface area contributed by atoms with E-state index in [1.54, 1.807) is 0 Å². The third-order valence-corrected chi connectivity index (χ3v) is 6.74. The summed E-state index contributed by atoms with van der Waals surface area (Å²) >= 11 is 6.01. The first-order chi connectivity index (χ1) is 17.3. The van der Waals surface area contributed by atoms with Crippen LogP contribution in [0.4, 0.5) is 0 Å². The first kappa shape index (κ1) is 25.7. The Morgan fingerprint density at radius 1 is 1.17 bits per heavy atom. The van der Waals surface area contributed by atoms with E-state index in [1.165, 1.54) is 18.2 Å². The highest BCUT2D eigenvalue weighted by molar-refractivity contribution is 6.53. The largest absolute Gasteiger partial charge is 0.506 e. The molecule has 8 heteroatoms. The van der Waals surface area contributed by atoms with Gasteiger partial charge in [-0.25, -0.2) is 0 Å². The summed E-state index contributed by atoms with van der Waals surface area (Å²) in [7, 11) is 0. The predicted molar refractivity (Wildman–Crippen MR) is 143 cm³/mol. The Bertz CT molecular complexity index is 1320. The average Bonchev–Trinajstić information content (AvgIpc) is 3.41. The Balaban J connectivity index is 1.71. The lowest BCUT2D eigenvalue weighted by Crippen LogP contribution is -2.44. The molecule has 1 heterocycles. The Morgan fingerprint density at radius 3 is 2.56 bits per heavy atom. The van der Waals surface area contributed by atoms with Crippen LogP contribution in [0.15, 0.2) is 59.7 Å². The van der Waals surface area contributed by atoms with Gasteiger partial charge >= 0.3 is 0 Å². The molecule has 0 spiro atoms. The molecule has 4 rings (SSSR count). The zero-order chi connectivity index (χ0) is 25.8. The molecule has 3 aromatic rings. The van der Waals surface area contributed by atoms with Gasteiger partial charge in [-0.3, -0.25) is 9.59 Å². The first-order valence-electron chi connectivity index (χ1n) is 12.1. The van der Waals surface area contributed by atoms with Crippen molar-refractivity contribution in [3.63, 3.8) is 0 Å². The van der Waals surface area contributed by atoms with Crippen molar-refractivity contribution in [2.24, 2.45) is 16.9 Å². The number of aromatic hydroxyl groups is 1. The van der Waals surface area contributed by atoms with Crippen LogP contribution in [-0.4, -0.2) is 46.5 Å². The lowest BCUT2D eigenvalue weighted by Gasteiger charge is -2.28. The second kappa shape index (κ2) is 11.1. The van der Waals surface area contributed by atoms with Gasteiger partial charge in [0.05, 0.1) is 11.1 Å². The number of amides is 1. The fraction of sp³-hybridized carbons (Fsp3) is 0.321. The van der Waals surface area contributed by atoms with Gasteiger partial charge in [0.25, 0.3) is 0 Å². The summed E-state index contributed by atoms with van der Waals surface area (Å²) < 4.78 is 0. The van der Waals surface area contributed by atoms with E-state index in [0.29, 0.717) is 24.6 Å². The molecule has 1 atom stereocenters. The van der Waals surface area contributed by atoms with Crippen LogP contribution in [0, 0.1) is 5.92 Å². The van der Waals surface area contributed by atoms with Crippen LogP contribution in [0.5, 0.6) is 5.75 Å². The van der Waals surface area contributed by atoms with Gasteiger partial charge < -0.3 is 21.2 Å². The monoisotopic (exact) mass is 506 g/mol. The van der Waals surface area contributed by atoms with Crippen LogP contribution in [-0.2, 0) is 11.3 Å². The number of fused-ring (bicyclic) bond motifs is 1. The number of Topliss-reactive ketones (excluding diaryl/α,β-unsaturated/α-hetero) is 1. The zero-order valence-corrected chi connectivity index (χ0v) is 21.3. The molecule has 1 aliphatic heterocycles. The van der Waals surface area contributed by atoms with E-state index >= 15 is 0 Å². The SMILES string of the molecule is CC(C)CN(Cc1ccc(C(=NN)C(=O)c2ccc(O)c(Cl)c2)c2ccccc12)C(=O)[C@@H]1CCCN1. The Kier molecular flexibility index (Phi) is 7.91. The number of phenols is 1. The van der Waals surface area contributed by atoms with Crippen molar-refractivity contribution in [2.45, 2.75) is 39.3 Å². The minimum atomic E-state index is -0.402. The van der Waals surface area contributed by atoms with E-state index < -0.39 is 5.78 Å². The molecule has 0 unspecified atom stereocenters. The van der Waals surface area contributed by atoms with E-state index in [4.69, 9.17) is 17.4 Å². The number of hydrazone groups is 1. The molecule has 1 fully saturated rings. The molecule has 1 amide bonds. The van der Waals surface area contributed by atoms with Gasteiger partial charge in [0.15, 0.2) is 0 Å². The number of carbonyl (C=O) groups excluding carboxylic acids is 2. The van der Waals surface area contributed by atoms with Crippen LogP contribution in [0.1, 0.15) is 48.2 Å². The normalized spacial score (nSPS) is 16.0. The molecule has 3 aromatic carbocycles. The van der Waals surface area contributed by atoms with Gasteiger partial charge in [-0.1, -0.05) is 61.8 Å². The van der Waals surface area contributed by atoms with Crippen LogP contribution >= 0.6 is 11.6 Å². The summed E-state index contributed by atoms with van der Waals surface area (Å²) in [4.78, 5) is 28.5. The van der Waals surface area contributed by atoms with Crippen molar-refractivity contribution in [1.29, 1.82) is 0 Å². The lowest BCUT2D eigenvalue weighted by molar-refractivity contribution is -0.134. The lowest BCUT2D eigenvalue weighted by atomic mass is 9.93. The number of rotatable bonds is 8. The Hall–Kier alpha value is -3.42. The molecule has 188 valence electrons. The van der Waals surface area contributed by atoms with Crippen molar-refractivity contribution in [3.8, 4) is 5.75 Å². The first-order valence-corrected chi connectivity index (χ1v) is 12.5. The van der Waals surface area contributed by atoms with Gasteiger partial charge in [-0.05, 0) is 59.8 Å². The van der Waals surface area contributed by atoms with E-state index in [0.717, 1.165) is 35.7 Å². The molecule has 7 nitrogen and oxygen atoms in total. The summed E-state index contributed by atoms with van der Waals surface area (Å²) in [5, 5.41) is 18.7. The quantitative estimate of drug-likeness (QED) is 0.181. The second-order valence-electron chi connectivity index (χ2n) is 9.55. The summed E-state index contributed by atoms with van der Waals surface area (Å²) in [5.74, 6) is 5.65. The summed E-state index contributed by atoms with van der Waals surface area (Å²) in [5.41, 5.74) is 1.93. The number of nitrogens with one attached hydrogen (secondary N) is 1. The number of carbonyl (C=O) groups is 2. The fourth-order valence-electron chi connectivity index (χ4n) is 4.74. The van der Waals surface area contributed by atoms with E-state index in [9.17, 15) is 14.7 Å². The molecule has 1 saturated heterocycles. The fourth-order valence-corrected chi connectivity index (χ4v) is 4.92. The second-order valence-corrected chi connectivity index (χ2v) is 9.96. The van der Waals surface area contributed by atoms with Gasteiger partial charge in [-0.15, -0.1) is 0 Å². The molecule has 0 bridgehead atoms. The highest BCUT2D eigenvalue weighted by atomic mass is 35.5. The number of benzene rings is 3. The van der Waals surface area contributed by atoms with Crippen LogP contribution in [0.2, 0.25) is 5.02 Å². The number of halogens is 1. The molecule has 36 heavy (non-hydrogen) atoms. The molecule has 0 radical (unpaired) electrons. The van der Waals surface area contributed by atoms with Gasteiger partial charge in [0.2, 0.25) is 11.7 Å². The minimum Gasteiger partial charge on any atom is -0.506 e. The maximum Gasteiger partial charge on any atom is 0.240 e. The molecular weight excluding hydrogens is 476 g/mol. The van der Waals surface area contributed by atoms with Crippen molar-refractivity contribution in [2.75, 3.05) is 13.1 Å². The van der Waals surface area contributed by atoms with E-state index in [-0.39, 0.29) is 34.0 Å². The summed E-state index contributed by atoms with van der Waals surface area (Å²) in [6, 6.07) is 15.6. The highest BCUT2D eigenvalue weighted by Gasteiger charge is 2.28. The van der Waals surface area contributed by atoms with Crippen LogP contribution in [0.3, 0.4) is 0 Å². The number of hydrogen-bond donors (Lipinski definition) is 3. The topological polar surface area (TPSA) is 108 Å². The maximum absolute atomic E-state index is 13.3. The Labute approximate surface area is 215 Å². The van der Waals surface area contributed by atoms with Gasteiger partial charge in [0, 0.05) is 24.2 Å². The van der Waals surface area contributed by atoms with E-state index in [1.807, 2.05) is 41.3 Å². The van der Waals surface area contributed by atoms with Crippen LogP contribution in [0.25, 0.3) is 10.8 Å². The number of phenolic OH excluding ortho intramolecular Hbond substituents is 1. The predicted octanol–water partition coefficient (Wildman–Crippen LogP) is 4.48. The van der Waals surface area contributed by atoms with E-state index in [2.05, 4.69) is 24.3 Å². The molecule has 0 aliphatic carbocycles. The molecule has 0 aromatic heterocycles. The zero-order valence-electron chi connectivity index (χ0n) is 20.5. The standard InChI is InChI=1S/C28H31ClN4O3/c1-17(2)15-33(28(36)24-8-5-13-31-24)16-19-9-11-22(21-7-4-3-6-20(19)21)26(32-30)27(35)18-10-12-25(34)23(29)14-18/h3-4,6-7,9-12,14,17,24,31,34H,5,8,13,15-16,30H2,1-2H3/t24-/m0/s1. The van der Waals surface area contributed by atoms with Crippen molar-refractivity contribution in [3.05, 3.63) is 76.3 Å². The number of hydrogen-bond acceptors (Lipinski definition) is 6. The molecule has 1 aliphatic rings. The summed E-state index contributed by atoms with van der Waals surface area (Å²) in [6.45, 7) is 6.20. The van der Waals surface area contributed by atoms with Crippen molar-refractivity contribution in [1.82, 2.24) is 10.2 Å². The average molecular weight is 507 g/mol. The van der Waals surface area contributed by atoms with Crippen molar-refractivity contribution < 1.29 is 14.7 Å². The van der Waals surface area contributed by atoms with Gasteiger partial charge in [-0.2, -0.15) is 5.10 Å². The third-order valence-electron chi connectivity index (χ3n) is 6.44. The minimum absolute atomic E-state index is 0.0732. The smallest absolute Gasteiger partial charge is 0.240 e. The van der Waals surface area contributed by atoms with Crippen molar-refractivity contribution >= 4 is 39.8 Å².